The first kappa shape index (κ1) is 18.7. The minimum Gasteiger partial charge on any atom is -0.322 e. The molecule has 0 atom stereocenters. The summed E-state index contributed by atoms with van der Waals surface area (Å²) in [4.78, 5) is 12.3. The van der Waals surface area contributed by atoms with Crippen LogP contribution in [0.5, 0.6) is 0 Å². The Labute approximate surface area is 151 Å². The molecule has 0 radical (unpaired) electrons. The van der Waals surface area contributed by atoms with Crippen LogP contribution >= 0.6 is 23.2 Å². The molecule has 0 aliphatic rings. The molecule has 0 saturated heterocycles. The Morgan fingerprint density at radius 1 is 1.08 bits per heavy atom. The van der Waals surface area contributed by atoms with Crippen LogP contribution in [-0.2, 0) is 10.0 Å². The van der Waals surface area contributed by atoms with Crippen LogP contribution in [0.1, 0.15) is 23.7 Å². The highest BCUT2D eigenvalue weighted by Crippen LogP contribution is 2.25. The van der Waals surface area contributed by atoms with Crippen molar-refractivity contribution >= 4 is 44.8 Å². The summed E-state index contributed by atoms with van der Waals surface area (Å²) in [6.07, 6.45) is 0.677. The van der Waals surface area contributed by atoms with Gasteiger partial charge in [-0.3, -0.25) is 4.79 Å². The molecule has 1 amide bonds. The number of hydrogen-bond acceptors (Lipinski definition) is 3. The average Bonchev–Trinajstić information content (AvgIpc) is 2.56. The molecule has 0 saturated carbocycles. The summed E-state index contributed by atoms with van der Waals surface area (Å²) in [5.41, 5.74) is 0.687. The van der Waals surface area contributed by atoms with Crippen molar-refractivity contribution in [1.82, 2.24) is 4.72 Å². The summed E-state index contributed by atoms with van der Waals surface area (Å²) in [5, 5.41) is 3.34. The van der Waals surface area contributed by atoms with Crippen LogP contribution in [0.25, 0.3) is 0 Å². The van der Waals surface area contributed by atoms with Crippen LogP contribution in [0.3, 0.4) is 0 Å². The minimum absolute atomic E-state index is 0.0396. The van der Waals surface area contributed by atoms with Gasteiger partial charge in [0.25, 0.3) is 5.91 Å². The van der Waals surface area contributed by atoms with E-state index in [0.29, 0.717) is 28.7 Å². The third kappa shape index (κ3) is 4.70. The number of carbonyl (C=O) groups is 1. The number of hydrogen-bond donors (Lipinski definition) is 2. The molecule has 5 nitrogen and oxygen atoms in total. The molecule has 0 bridgehead atoms. The van der Waals surface area contributed by atoms with E-state index in [1.807, 2.05) is 6.92 Å². The van der Waals surface area contributed by atoms with Crippen LogP contribution in [0.15, 0.2) is 47.4 Å². The normalized spacial score (nSPS) is 11.3. The molecule has 2 aromatic rings. The lowest BCUT2D eigenvalue weighted by atomic mass is 10.2. The molecule has 0 aliphatic heterocycles. The minimum atomic E-state index is -3.63. The first-order valence-electron chi connectivity index (χ1n) is 7.19. The maximum absolute atomic E-state index is 12.3. The number of halogens is 2. The second-order valence-electron chi connectivity index (χ2n) is 5.01. The molecule has 8 heteroatoms. The third-order valence-corrected chi connectivity index (χ3v) is 5.32. The number of sulfonamides is 1. The maximum atomic E-state index is 12.3. The van der Waals surface area contributed by atoms with E-state index in [2.05, 4.69) is 10.0 Å². The highest BCUT2D eigenvalue weighted by atomic mass is 35.5. The zero-order chi connectivity index (χ0) is 17.7. The van der Waals surface area contributed by atoms with Crippen LogP contribution in [0.4, 0.5) is 5.69 Å². The molecular formula is C16H16Cl2N2O3S. The van der Waals surface area contributed by atoms with E-state index in [1.54, 1.807) is 12.1 Å². The molecule has 24 heavy (non-hydrogen) atoms. The number of rotatable bonds is 6. The Morgan fingerprint density at radius 2 is 1.83 bits per heavy atom. The molecule has 0 aromatic heterocycles. The SMILES string of the molecule is CCCNS(=O)(=O)c1cccc(C(=O)Nc2ccc(Cl)c(Cl)c2)c1. The summed E-state index contributed by atoms with van der Waals surface area (Å²) in [6.45, 7) is 2.20. The number of nitrogens with one attached hydrogen (secondary N) is 2. The number of amides is 1. The summed E-state index contributed by atoms with van der Waals surface area (Å²) in [5.74, 6) is -0.444. The standard InChI is InChI=1S/C16H16Cl2N2O3S/c1-2-8-19-24(22,23)13-5-3-4-11(9-13)16(21)20-12-6-7-14(17)15(18)10-12/h3-7,9-10,19H,2,8H2,1H3,(H,20,21). The van der Waals surface area contributed by atoms with E-state index < -0.39 is 15.9 Å². The van der Waals surface area contributed by atoms with E-state index in [4.69, 9.17) is 23.2 Å². The fraction of sp³-hybridized carbons (Fsp3) is 0.188. The topological polar surface area (TPSA) is 75.3 Å². The monoisotopic (exact) mass is 386 g/mol. The second-order valence-corrected chi connectivity index (χ2v) is 7.59. The van der Waals surface area contributed by atoms with Gasteiger partial charge in [0.1, 0.15) is 0 Å². The maximum Gasteiger partial charge on any atom is 0.255 e. The van der Waals surface area contributed by atoms with Crippen molar-refractivity contribution in [2.45, 2.75) is 18.2 Å². The van der Waals surface area contributed by atoms with Crippen LogP contribution in [0.2, 0.25) is 10.0 Å². The number of carbonyl (C=O) groups excluding carboxylic acids is 1. The molecule has 0 aliphatic carbocycles. The van der Waals surface area contributed by atoms with E-state index in [-0.39, 0.29) is 10.5 Å². The van der Waals surface area contributed by atoms with Crippen molar-refractivity contribution in [3.05, 3.63) is 58.1 Å². The summed E-state index contributed by atoms with van der Waals surface area (Å²) >= 11 is 11.7. The second kappa shape index (κ2) is 7.98. The Kier molecular flexibility index (Phi) is 6.23. The Balaban J connectivity index is 2.21. The van der Waals surface area contributed by atoms with Gasteiger partial charge >= 0.3 is 0 Å². The third-order valence-electron chi connectivity index (χ3n) is 3.13. The summed E-state index contributed by atoms with van der Waals surface area (Å²) in [7, 11) is -3.63. The summed E-state index contributed by atoms with van der Waals surface area (Å²) in [6, 6.07) is 10.5. The van der Waals surface area contributed by atoms with Gasteiger partial charge in [0.15, 0.2) is 0 Å². The van der Waals surface area contributed by atoms with Gasteiger partial charge in [0.05, 0.1) is 14.9 Å². The van der Waals surface area contributed by atoms with Gasteiger partial charge < -0.3 is 5.32 Å². The lowest BCUT2D eigenvalue weighted by molar-refractivity contribution is 0.102. The molecule has 2 aromatic carbocycles. The number of anilines is 1. The number of benzene rings is 2. The van der Waals surface area contributed by atoms with E-state index in [1.165, 1.54) is 30.3 Å². The molecule has 2 rings (SSSR count). The van der Waals surface area contributed by atoms with Gasteiger partial charge in [-0.1, -0.05) is 36.2 Å². The van der Waals surface area contributed by atoms with Gasteiger partial charge in [-0.05, 0) is 42.8 Å². The molecule has 0 unspecified atom stereocenters. The highest BCUT2D eigenvalue weighted by molar-refractivity contribution is 7.89. The molecule has 0 fully saturated rings. The van der Waals surface area contributed by atoms with Crippen LogP contribution in [0, 0.1) is 0 Å². The Bertz CT molecular complexity index is 854. The zero-order valence-corrected chi connectivity index (χ0v) is 15.2. The van der Waals surface area contributed by atoms with Crippen molar-refractivity contribution in [1.29, 1.82) is 0 Å². The van der Waals surface area contributed by atoms with Gasteiger partial charge in [-0.2, -0.15) is 0 Å². The smallest absolute Gasteiger partial charge is 0.255 e. The van der Waals surface area contributed by atoms with E-state index in [9.17, 15) is 13.2 Å². The Hall–Kier alpha value is -1.60. The molecule has 2 N–H and O–H groups in total. The molecule has 0 heterocycles. The first-order valence-corrected chi connectivity index (χ1v) is 9.43. The average molecular weight is 387 g/mol. The van der Waals surface area contributed by atoms with Crippen LogP contribution < -0.4 is 10.0 Å². The Morgan fingerprint density at radius 3 is 2.50 bits per heavy atom. The zero-order valence-electron chi connectivity index (χ0n) is 12.8. The van der Waals surface area contributed by atoms with Gasteiger partial charge in [-0.25, -0.2) is 13.1 Å². The largest absolute Gasteiger partial charge is 0.322 e. The van der Waals surface area contributed by atoms with Crippen molar-refractivity contribution in [2.24, 2.45) is 0 Å². The predicted octanol–water partition coefficient (Wildman–Crippen LogP) is 3.93. The predicted molar refractivity (Wildman–Crippen MR) is 96.3 cm³/mol. The van der Waals surface area contributed by atoms with Crippen molar-refractivity contribution in [3.63, 3.8) is 0 Å². The van der Waals surface area contributed by atoms with Crippen molar-refractivity contribution < 1.29 is 13.2 Å². The van der Waals surface area contributed by atoms with E-state index >= 15 is 0 Å². The van der Waals surface area contributed by atoms with Gasteiger partial charge in [0.2, 0.25) is 10.0 Å². The van der Waals surface area contributed by atoms with Crippen molar-refractivity contribution in [2.75, 3.05) is 11.9 Å². The van der Waals surface area contributed by atoms with Crippen LogP contribution in [-0.4, -0.2) is 20.9 Å². The quantitative estimate of drug-likeness (QED) is 0.789. The lowest BCUT2D eigenvalue weighted by Gasteiger charge is -2.09. The van der Waals surface area contributed by atoms with Crippen molar-refractivity contribution in [3.8, 4) is 0 Å². The summed E-state index contributed by atoms with van der Waals surface area (Å²) < 4.78 is 26.7. The van der Waals surface area contributed by atoms with Gasteiger partial charge in [-0.15, -0.1) is 0 Å². The molecule has 128 valence electrons. The molecule has 0 spiro atoms. The highest BCUT2D eigenvalue weighted by Gasteiger charge is 2.16. The fourth-order valence-corrected chi connectivity index (χ4v) is 3.38. The first-order chi connectivity index (χ1) is 11.3. The van der Waals surface area contributed by atoms with E-state index in [0.717, 1.165) is 0 Å². The van der Waals surface area contributed by atoms with Gasteiger partial charge in [0, 0.05) is 17.8 Å². The fourth-order valence-electron chi connectivity index (χ4n) is 1.90. The molecular weight excluding hydrogens is 371 g/mol. The lowest BCUT2D eigenvalue weighted by Crippen LogP contribution is -2.24.